The first-order valence-electron chi connectivity index (χ1n) is 10.1. The summed E-state index contributed by atoms with van der Waals surface area (Å²) < 4.78 is 39.4. The Balaban J connectivity index is 0.00000341. The van der Waals surface area contributed by atoms with E-state index in [0.717, 1.165) is 6.42 Å². The van der Waals surface area contributed by atoms with Crippen LogP contribution in [0.25, 0.3) is 0 Å². The molecule has 2 unspecified atom stereocenters. The predicted octanol–water partition coefficient (Wildman–Crippen LogP) is 2.83. The Morgan fingerprint density at radius 3 is 2.68 bits per heavy atom. The normalized spacial score (nSPS) is 17.7. The van der Waals surface area contributed by atoms with Gasteiger partial charge < -0.3 is 15.5 Å². The van der Waals surface area contributed by atoms with Crippen molar-refractivity contribution in [2.45, 2.75) is 36.7 Å². The van der Waals surface area contributed by atoms with Gasteiger partial charge in [-0.1, -0.05) is 25.1 Å². The fourth-order valence-electron chi connectivity index (χ4n) is 3.49. The van der Waals surface area contributed by atoms with E-state index in [1.807, 2.05) is 11.8 Å². The molecule has 0 saturated carbocycles. The molecular formula is C21H29FIN5O2S. The van der Waals surface area contributed by atoms with Crippen molar-refractivity contribution in [1.82, 2.24) is 15.6 Å². The molecule has 0 amide bonds. The van der Waals surface area contributed by atoms with Gasteiger partial charge in [0.15, 0.2) is 27.4 Å². The van der Waals surface area contributed by atoms with Gasteiger partial charge in [0.1, 0.15) is 0 Å². The second-order valence-corrected chi connectivity index (χ2v) is 9.34. The summed E-state index contributed by atoms with van der Waals surface area (Å²) in [6, 6.07) is 11.2. The van der Waals surface area contributed by atoms with Crippen molar-refractivity contribution in [3.63, 3.8) is 0 Å². The van der Waals surface area contributed by atoms with E-state index < -0.39 is 9.84 Å². The highest BCUT2D eigenvalue weighted by molar-refractivity contribution is 14.0. The van der Waals surface area contributed by atoms with E-state index in [2.05, 4.69) is 20.6 Å². The molecule has 0 bridgehead atoms. The highest BCUT2D eigenvalue weighted by atomic mass is 127. The molecule has 1 fully saturated rings. The van der Waals surface area contributed by atoms with Crippen molar-refractivity contribution >= 4 is 45.6 Å². The number of nitrogens with one attached hydrogen (secondary N) is 2. The van der Waals surface area contributed by atoms with E-state index in [1.54, 1.807) is 49.6 Å². The van der Waals surface area contributed by atoms with Crippen LogP contribution in [0.3, 0.4) is 0 Å². The zero-order chi connectivity index (χ0) is 21.6. The van der Waals surface area contributed by atoms with Crippen LogP contribution >= 0.6 is 24.0 Å². The van der Waals surface area contributed by atoms with Crippen LogP contribution in [0.2, 0.25) is 0 Å². The zero-order valence-electron chi connectivity index (χ0n) is 17.7. The Labute approximate surface area is 200 Å². The van der Waals surface area contributed by atoms with Crippen LogP contribution in [-0.2, 0) is 9.84 Å². The first-order chi connectivity index (χ1) is 14.4. The number of hydrogen-bond donors (Lipinski definition) is 2. The van der Waals surface area contributed by atoms with Gasteiger partial charge in [0, 0.05) is 38.4 Å². The van der Waals surface area contributed by atoms with Gasteiger partial charge in [-0.25, -0.2) is 17.8 Å². The highest BCUT2D eigenvalue weighted by Gasteiger charge is 2.27. The Bertz CT molecular complexity index is 975. The van der Waals surface area contributed by atoms with E-state index in [1.165, 1.54) is 6.07 Å². The average Bonchev–Trinajstić information content (AvgIpc) is 3.21. The number of guanidine groups is 1. The minimum atomic E-state index is -3.41. The summed E-state index contributed by atoms with van der Waals surface area (Å²) in [5.74, 6) is 0.533. The monoisotopic (exact) mass is 561 g/mol. The third kappa shape index (κ3) is 6.76. The second kappa shape index (κ2) is 11.6. The summed E-state index contributed by atoms with van der Waals surface area (Å²) in [5, 5.41) is 6.55. The quantitative estimate of drug-likeness (QED) is 0.307. The molecule has 1 saturated heterocycles. The number of benzene rings is 1. The Morgan fingerprint density at radius 1 is 1.29 bits per heavy atom. The molecule has 170 valence electrons. The van der Waals surface area contributed by atoms with Crippen LogP contribution in [0.4, 0.5) is 10.2 Å². The van der Waals surface area contributed by atoms with Crippen molar-refractivity contribution in [2.75, 3.05) is 30.8 Å². The summed E-state index contributed by atoms with van der Waals surface area (Å²) in [6.45, 7) is 3.21. The molecule has 2 N–H and O–H groups in total. The van der Waals surface area contributed by atoms with Gasteiger partial charge >= 0.3 is 0 Å². The van der Waals surface area contributed by atoms with Gasteiger partial charge in [0.05, 0.1) is 10.6 Å². The maximum atomic E-state index is 14.0. The molecule has 0 radical (unpaired) electrons. The number of pyridine rings is 1. The summed E-state index contributed by atoms with van der Waals surface area (Å²) in [5.41, 5.74) is 0. The molecule has 0 spiro atoms. The third-order valence-electron chi connectivity index (χ3n) is 5.15. The summed E-state index contributed by atoms with van der Waals surface area (Å²) in [6.07, 6.45) is 3.01. The minimum absolute atomic E-state index is 0. The number of rotatable bonds is 7. The molecule has 2 atom stereocenters. The van der Waals surface area contributed by atoms with E-state index in [0.29, 0.717) is 36.2 Å². The molecule has 2 aromatic rings. The fourth-order valence-corrected chi connectivity index (χ4v) is 5.10. The smallest absolute Gasteiger partial charge is 0.191 e. The lowest BCUT2D eigenvalue weighted by molar-refractivity contribution is 0.562. The fraction of sp³-hybridized carbons (Fsp3) is 0.429. The molecule has 10 heteroatoms. The van der Waals surface area contributed by atoms with Crippen LogP contribution in [0.15, 0.2) is 58.5 Å². The molecule has 2 heterocycles. The number of nitrogens with zero attached hydrogens (tertiary/aromatic N) is 3. The van der Waals surface area contributed by atoms with Gasteiger partial charge in [-0.15, -0.1) is 24.0 Å². The number of hydrogen-bond acceptors (Lipinski definition) is 5. The molecule has 7 nitrogen and oxygen atoms in total. The number of aromatic nitrogens is 1. The standard InChI is InChI=1S/C21H28FN5O2S.HI/c1-3-16(15-30(28,29)18-8-5-4-6-9-18)25-21(23-2)26-17-11-13-27(14-17)20-19(22)10-7-12-24-20;/h4-10,12,16-17H,3,11,13-15H2,1-2H3,(H2,23,25,26);1H. The number of sulfone groups is 1. The average molecular weight is 561 g/mol. The maximum Gasteiger partial charge on any atom is 0.191 e. The molecule has 0 aliphatic carbocycles. The first kappa shape index (κ1) is 25.3. The van der Waals surface area contributed by atoms with Crippen molar-refractivity contribution < 1.29 is 12.8 Å². The van der Waals surface area contributed by atoms with E-state index in [4.69, 9.17) is 0 Å². The van der Waals surface area contributed by atoms with Crippen molar-refractivity contribution in [3.8, 4) is 0 Å². The lowest BCUT2D eigenvalue weighted by atomic mass is 10.2. The van der Waals surface area contributed by atoms with E-state index >= 15 is 0 Å². The minimum Gasteiger partial charge on any atom is -0.353 e. The topological polar surface area (TPSA) is 86.7 Å². The second-order valence-electron chi connectivity index (χ2n) is 7.30. The molecule has 1 aliphatic heterocycles. The molecule has 1 aromatic carbocycles. The van der Waals surface area contributed by atoms with E-state index in [-0.39, 0.29) is 47.6 Å². The number of anilines is 1. The first-order valence-corrected chi connectivity index (χ1v) is 11.7. The lowest BCUT2D eigenvalue weighted by Gasteiger charge is -2.23. The van der Waals surface area contributed by atoms with Crippen molar-refractivity contribution in [2.24, 2.45) is 4.99 Å². The number of halogens is 2. The van der Waals surface area contributed by atoms with Crippen LogP contribution in [0, 0.1) is 5.82 Å². The van der Waals surface area contributed by atoms with Crippen LogP contribution < -0.4 is 15.5 Å². The molecule has 1 aromatic heterocycles. The van der Waals surface area contributed by atoms with Crippen LogP contribution in [0.5, 0.6) is 0 Å². The SMILES string of the molecule is CCC(CS(=O)(=O)c1ccccc1)NC(=NC)NC1CCN(c2ncccc2F)C1.I. The Morgan fingerprint density at radius 2 is 2.03 bits per heavy atom. The van der Waals surface area contributed by atoms with E-state index in [9.17, 15) is 12.8 Å². The molecule has 1 aliphatic rings. The van der Waals surface area contributed by atoms with Gasteiger partial charge in [0.2, 0.25) is 0 Å². The van der Waals surface area contributed by atoms with Gasteiger partial charge in [-0.05, 0) is 37.1 Å². The Hall–Kier alpha value is -1.95. The van der Waals surface area contributed by atoms with Crippen LogP contribution in [-0.4, -0.2) is 57.3 Å². The van der Waals surface area contributed by atoms with Gasteiger partial charge in [-0.2, -0.15) is 0 Å². The highest BCUT2D eigenvalue weighted by Crippen LogP contribution is 2.20. The molecule has 3 rings (SSSR count). The van der Waals surface area contributed by atoms with Crippen molar-refractivity contribution in [1.29, 1.82) is 0 Å². The summed E-state index contributed by atoms with van der Waals surface area (Å²) in [4.78, 5) is 10.6. The third-order valence-corrected chi connectivity index (χ3v) is 6.98. The molecular weight excluding hydrogens is 532 g/mol. The largest absolute Gasteiger partial charge is 0.353 e. The predicted molar refractivity (Wildman–Crippen MR) is 132 cm³/mol. The Kier molecular flexibility index (Phi) is 9.48. The lowest BCUT2D eigenvalue weighted by Crippen LogP contribution is -2.49. The number of aliphatic imine (C=N–C) groups is 1. The zero-order valence-corrected chi connectivity index (χ0v) is 20.8. The molecule has 31 heavy (non-hydrogen) atoms. The van der Waals surface area contributed by atoms with Crippen molar-refractivity contribution in [3.05, 3.63) is 54.5 Å². The van der Waals surface area contributed by atoms with Crippen LogP contribution in [0.1, 0.15) is 19.8 Å². The van der Waals surface area contributed by atoms with Gasteiger partial charge in [-0.3, -0.25) is 4.99 Å². The maximum absolute atomic E-state index is 14.0. The van der Waals surface area contributed by atoms with Gasteiger partial charge in [0.25, 0.3) is 0 Å². The summed E-state index contributed by atoms with van der Waals surface area (Å²) >= 11 is 0. The summed E-state index contributed by atoms with van der Waals surface area (Å²) in [7, 11) is -1.75.